The number of carbonyl (C=O) groups is 2. The van der Waals surface area contributed by atoms with Crippen molar-refractivity contribution in [1.29, 1.82) is 5.41 Å². The summed E-state index contributed by atoms with van der Waals surface area (Å²) >= 11 is 0. The van der Waals surface area contributed by atoms with Gasteiger partial charge in [-0.05, 0) is 48.9 Å². The van der Waals surface area contributed by atoms with Gasteiger partial charge < -0.3 is 16.2 Å². The van der Waals surface area contributed by atoms with E-state index < -0.39 is 16.0 Å². The van der Waals surface area contributed by atoms with E-state index >= 15 is 0 Å². The van der Waals surface area contributed by atoms with Gasteiger partial charge >= 0.3 is 5.97 Å². The van der Waals surface area contributed by atoms with Crippen molar-refractivity contribution in [3.8, 4) is 0 Å². The number of sulfonamides is 1. The minimum absolute atomic E-state index is 0.0255. The van der Waals surface area contributed by atoms with Gasteiger partial charge in [-0.2, -0.15) is 0 Å². The fourth-order valence-electron chi connectivity index (χ4n) is 3.35. The van der Waals surface area contributed by atoms with Crippen molar-refractivity contribution >= 4 is 33.4 Å². The summed E-state index contributed by atoms with van der Waals surface area (Å²) in [5.41, 5.74) is 8.13. The van der Waals surface area contributed by atoms with Gasteiger partial charge in [0.2, 0.25) is 15.9 Å². The highest BCUT2D eigenvalue weighted by molar-refractivity contribution is 7.89. The summed E-state index contributed by atoms with van der Waals surface area (Å²) in [5, 5.41) is 18.9. The van der Waals surface area contributed by atoms with Crippen LogP contribution in [0, 0.1) is 5.41 Å². The van der Waals surface area contributed by atoms with Gasteiger partial charge in [-0.1, -0.05) is 37.3 Å². The van der Waals surface area contributed by atoms with Crippen LogP contribution in [-0.4, -0.2) is 37.8 Å². The summed E-state index contributed by atoms with van der Waals surface area (Å²) in [4.78, 5) is 23.1. The zero-order valence-corrected chi connectivity index (χ0v) is 19.4. The average molecular weight is 475 g/mol. The fraction of sp³-hybridized carbons (Fsp3) is 0.348. The molecular weight excluding hydrogens is 444 g/mol. The van der Waals surface area contributed by atoms with Gasteiger partial charge in [0.05, 0.1) is 11.3 Å². The lowest BCUT2D eigenvalue weighted by atomic mass is 10.0. The van der Waals surface area contributed by atoms with Crippen LogP contribution < -0.4 is 15.8 Å². The summed E-state index contributed by atoms with van der Waals surface area (Å²) in [6.45, 7) is 1.58. The van der Waals surface area contributed by atoms with Crippen molar-refractivity contribution in [2.75, 3.05) is 11.9 Å². The Morgan fingerprint density at radius 3 is 2.36 bits per heavy atom. The molecule has 0 unspecified atom stereocenters. The lowest BCUT2D eigenvalue weighted by molar-refractivity contribution is -0.136. The van der Waals surface area contributed by atoms with Crippen molar-refractivity contribution in [3.63, 3.8) is 0 Å². The highest BCUT2D eigenvalue weighted by atomic mass is 32.2. The summed E-state index contributed by atoms with van der Waals surface area (Å²) < 4.78 is 27.5. The van der Waals surface area contributed by atoms with Gasteiger partial charge in [0, 0.05) is 24.2 Å². The smallest absolute Gasteiger partial charge is 0.304 e. The third-order valence-corrected chi connectivity index (χ3v) is 6.61. The first kappa shape index (κ1) is 26.0. The number of nitrogen functional groups attached to an aromatic ring is 1. The summed E-state index contributed by atoms with van der Waals surface area (Å²) in [5.74, 6) is -1.27. The predicted octanol–water partition coefficient (Wildman–Crippen LogP) is 2.64. The number of carbonyl (C=O) groups excluding carboxylic acids is 1. The molecule has 0 saturated heterocycles. The van der Waals surface area contributed by atoms with Gasteiger partial charge in [0.1, 0.15) is 5.84 Å². The Morgan fingerprint density at radius 1 is 1.06 bits per heavy atom. The van der Waals surface area contributed by atoms with E-state index in [1.54, 1.807) is 31.2 Å². The van der Waals surface area contributed by atoms with E-state index in [4.69, 9.17) is 16.2 Å². The lowest BCUT2D eigenvalue weighted by Crippen LogP contribution is -2.27. The van der Waals surface area contributed by atoms with E-state index in [1.165, 1.54) is 6.07 Å². The number of nitrogens with two attached hydrogens (primary N) is 1. The van der Waals surface area contributed by atoms with Gasteiger partial charge in [0.25, 0.3) is 0 Å². The predicted molar refractivity (Wildman–Crippen MR) is 127 cm³/mol. The Kier molecular flexibility index (Phi) is 9.56. The monoisotopic (exact) mass is 474 g/mol. The summed E-state index contributed by atoms with van der Waals surface area (Å²) in [7, 11) is -3.90. The first-order valence-electron chi connectivity index (χ1n) is 10.7. The highest BCUT2D eigenvalue weighted by Gasteiger charge is 2.20. The molecule has 0 heterocycles. The number of hydrogen-bond donors (Lipinski definition) is 5. The van der Waals surface area contributed by atoms with Crippen LogP contribution >= 0.6 is 0 Å². The molecule has 0 aliphatic rings. The molecule has 2 rings (SSSR count). The minimum atomic E-state index is -3.90. The molecule has 0 aliphatic heterocycles. The van der Waals surface area contributed by atoms with E-state index in [0.717, 1.165) is 18.4 Å². The maximum Gasteiger partial charge on any atom is 0.304 e. The molecule has 1 amide bonds. The average Bonchev–Trinajstić information content (AvgIpc) is 2.76. The Bertz CT molecular complexity index is 1100. The van der Waals surface area contributed by atoms with Crippen LogP contribution in [0.25, 0.3) is 0 Å². The number of rotatable bonds is 13. The number of benzene rings is 2. The Morgan fingerprint density at radius 2 is 1.76 bits per heavy atom. The number of aryl methyl sites for hydroxylation is 1. The first-order chi connectivity index (χ1) is 15.6. The van der Waals surface area contributed by atoms with E-state index in [2.05, 4.69) is 10.0 Å². The van der Waals surface area contributed by atoms with Crippen LogP contribution in [-0.2, 0) is 32.5 Å². The van der Waals surface area contributed by atoms with Gasteiger partial charge in [-0.15, -0.1) is 0 Å². The van der Waals surface area contributed by atoms with Crippen LogP contribution in [0.3, 0.4) is 0 Å². The van der Waals surface area contributed by atoms with Crippen LogP contribution in [0.15, 0.2) is 47.4 Å². The maximum atomic E-state index is 12.6. The molecule has 6 N–H and O–H groups in total. The van der Waals surface area contributed by atoms with Crippen molar-refractivity contribution in [2.45, 2.75) is 50.3 Å². The molecule has 178 valence electrons. The van der Waals surface area contributed by atoms with E-state index in [0.29, 0.717) is 36.1 Å². The summed E-state index contributed by atoms with van der Waals surface area (Å²) in [6.07, 6.45) is 2.61. The second-order valence-corrected chi connectivity index (χ2v) is 9.28. The van der Waals surface area contributed by atoms with E-state index in [9.17, 15) is 18.0 Å². The van der Waals surface area contributed by atoms with Crippen molar-refractivity contribution in [3.05, 3.63) is 59.2 Å². The fourth-order valence-corrected chi connectivity index (χ4v) is 4.71. The number of anilines is 1. The third kappa shape index (κ3) is 7.99. The molecule has 0 radical (unpaired) electrons. The zero-order valence-electron chi connectivity index (χ0n) is 18.6. The molecule has 0 aliphatic carbocycles. The van der Waals surface area contributed by atoms with E-state index in [1.807, 2.05) is 12.1 Å². The Balaban J connectivity index is 1.93. The first-order valence-corrected chi connectivity index (χ1v) is 12.2. The lowest BCUT2D eigenvalue weighted by Gasteiger charge is -2.15. The molecular formula is C23H30N4O5S. The zero-order chi connectivity index (χ0) is 24.4. The van der Waals surface area contributed by atoms with Crippen LogP contribution in [0.1, 0.15) is 49.3 Å². The maximum absolute atomic E-state index is 12.6. The molecule has 9 nitrogen and oxygen atoms in total. The number of aliphatic carboxylic acids is 1. The number of carboxylic acid groups (broad SMARTS) is 1. The standard InChI is InChI=1S/C23H30N4O5S/c1-2-18-19(7-5-8-20(18)33(31,32)26-15-14-22(29)30)27-21(28)9-4-3-6-16-10-12-17(13-11-16)23(24)25/h5,7-8,10-13,26H,2-4,6,9,14-15H2,1H3,(H3,24,25)(H,27,28)(H,29,30). The van der Waals surface area contributed by atoms with Crippen molar-refractivity contribution in [1.82, 2.24) is 4.72 Å². The van der Waals surface area contributed by atoms with Crippen molar-refractivity contribution in [2.24, 2.45) is 5.73 Å². The molecule has 0 fully saturated rings. The molecule has 0 bridgehead atoms. The normalized spacial score (nSPS) is 11.2. The molecule has 0 spiro atoms. The molecule has 33 heavy (non-hydrogen) atoms. The Hall–Kier alpha value is -3.24. The van der Waals surface area contributed by atoms with E-state index in [-0.39, 0.29) is 29.6 Å². The number of amides is 1. The number of unbranched alkanes of at least 4 members (excludes halogenated alkanes) is 1. The van der Waals surface area contributed by atoms with Gasteiger partial charge in [-0.3, -0.25) is 15.0 Å². The van der Waals surface area contributed by atoms with Gasteiger partial charge in [-0.25, -0.2) is 13.1 Å². The van der Waals surface area contributed by atoms with Gasteiger partial charge in [0.15, 0.2) is 0 Å². The minimum Gasteiger partial charge on any atom is -0.481 e. The second kappa shape index (κ2) is 12.1. The topological polar surface area (TPSA) is 162 Å². The SMILES string of the molecule is CCc1c(NC(=O)CCCCc2ccc(C(=N)N)cc2)cccc1S(=O)(=O)NCCC(=O)O. The quantitative estimate of drug-likeness (QED) is 0.170. The highest BCUT2D eigenvalue weighted by Crippen LogP contribution is 2.25. The number of nitrogens with one attached hydrogen (secondary N) is 3. The van der Waals surface area contributed by atoms with Crippen molar-refractivity contribution < 1.29 is 23.1 Å². The summed E-state index contributed by atoms with van der Waals surface area (Å²) in [6, 6.07) is 12.1. The molecule has 0 atom stereocenters. The van der Waals surface area contributed by atoms with Crippen LogP contribution in [0.4, 0.5) is 5.69 Å². The largest absolute Gasteiger partial charge is 0.481 e. The van der Waals surface area contributed by atoms with Crippen LogP contribution in [0.5, 0.6) is 0 Å². The molecule has 2 aromatic carbocycles. The number of hydrogen-bond acceptors (Lipinski definition) is 5. The molecule has 0 aromatic heterocycles. The molecule has 0 saturated carbocycles. The molecule has 10 heteroatoms. The number of amidine groups is 1. The third-order valence-electron chi connectivity index (χ3n) is 5.07. The second-order valence-electron chi connectivity index (χ2n) is 7.54. The van der Waals surface area contributed by atoms with Crippen LogP contribution in [0.2, 0.25) is 0 Å². The Labute approximate surface area is 194 Å². The number of carboxylic acids is 1. The molecule has 2 aromatic rings.